The number of fused-ring (bicyclic) bond motifs is 1. The molecule has 0 saturated heterocycles. The number of ketones is 1. The summed E-state index contributed by atoms with van der Waals surface area (Å²) in [7, 11) is 0. The van der Waals surface area contributed by atoms with Crippen LogP contribution in [0.4, 0.5) is 0 Å². The number of aliphatic hydroxyl groups is 1. The van der Waals surface area contributed by atoms with Crippen LogP contribution in [0.1, 0.15) is 44.9 Å². The van der Waals surface area contributed by atoms with E-state index in [0.29, 0.717) is 31.6 Å². The fourth-order valence-electron chi connectivity index (χ4n) is 2.67. The average molecular weight is 313 g/mol. The van der Waals surface area contributed by atoms with Crippen molar-refractivity contribution in [3.05, 3.63) is 52.8 Å². The van der Waals surface area contributed by atoms with Crippen molar-refractivity contribution in [3.63, 3.8) is 0 Å². The van der Waals surface area contributed by atoms with Crippen LogP contribution in [0.2, 0.25) is 0 Å². The van der Waals surface area contributed by atoms with Gasteiger partial charge in [0, 0.05) is 32.2 Å². The summed E-state index contributed by atoms with van der Waals surface area (Å²) in [6, 6.07) is 9.29. The molecule has 2 N–H and O–H groups in total. The molecule has 0 unspecified atom stereocenters. The summed E-state index contributed by atoms with van der Waals surface area (Å²) >= 11 is 0. The fourth-order valence-corrected chi connectivity index (χ4v) is 2.67. The molecule has 2 heterocycles. The van der Waals surface area contributed by atoms with E-state index in [1.807, 2.05) is 24.3 Å². The number of Topliss-reactive ketones (excluding diaryl/α,β-unsaturated/α-hetero) is 1. The van der Waals surface area contributed by atoms with Gasteiger partial charge in [0.2, 0.25) is 0 Å². The van der Waals surface area contributed by atoms with Crippen molar-refractivity contribution in [1.29, 1.82) is 0 Å². The number of nitrogens with one attached hydrogen (secondary N) is 1. The van der Waals surface area contributed by atoms with Gasteiger partial charge in [-0.15, -0.1) is 0 Å². The quantitative estimate of drug-likeness (QED) is 0.872. The Kier molecular flexibility index (Phi) is 4.52. The Balaban J connectivity index is 1.62. The molecule has 1 aromatic carbocycles. The van der Waals surface area contributed by atoms with E-state index in [9.17, 15) is 9.59 Å². The van der Waals surface area contributed by atoms with E-state index < -0.39 is 0 Å². The van der Waals surface area contributed by atoms with Gasteiger partial charge in [-0.25, -0.2) is 0 Å². The first-order valence-electron chi connectivity index (χ1n) is 7.75. The zero-order chi connectivity index (χ0) is 16.2. The summed E-state index contributed by atoms with van der Waals surface area (Å²) in [5.74, 6) is -0.235. The lowest BCUT2D eigenvalue weighted by Crippen LogP contribution is -2.23. The van der Waals surface area contributed by atoms with Crippen molar-refractivity contribution >= 4 is 11.7 Å². The number of amides is 1. The number of carbonyl (C=O) groups is 2. The van der Waals surface area contributed by atoms with Crippen LogP contribution in [0.15, 0.2) is 30.3 Å². The molecule has 120 valence electrons. The number of hydrogen-bond acceptors (Lipinski definition) is 4. The van der Waals surface area contributed by atoms with Crippen LogP contribution in [0.5, 0.6) is 0 Å². The molecule has 2 aromatic rings. The number of nitrogens with zero attached hydrogens (tertiary/aromatic N) is 2. The van der Waals surface area contributed by atoms with Crippen molar-refractivity contribution in [2.75, 3.05) is 6.61 Å². The van der Waals surface area contributed by atoms with Gasteiger partial charge in [-0.3, -0.25) is 14.3 Å². The number of rotatable bonds is 5. The number of hydrogen-bond donors (Lipinski definition) is 2. The lowest BCUT2D eigenvalue weighted by molar-refractivity contribution is 0.0937. The minimum Gasteiger partial charge on any atom is -0.396 e. The number of aromatic nitrogens is 2. The topological polar surface area (TPSA) is 84.2 Å². The Morgan fingerprint density at radius 1 is 1.26 bits per heavy atom. The standard InChI is InChI=1S/C17H19N3O3/c21-9-7-12-3-5-13(6-4-12)11-18-17(23)14-10-15-16(22)2-1-8-20(15)19-14/h3-6,10,21H,1-2,7-9,11H2,(H,18,23). The number of benzene rings is 1. The molecule has 1 amide bonds. The van der Waals surface area contributed by atoms with Crippen molar-refractivity contribution in [2.24, 2.45) is 0 Å². The third kappa shape index (κ3) is 3.48. The second kappa shape index (κ2) is 6.75. The van der Waals surface area contributed by atoms with Gasteiger partial charge in [-0.05, 0) is 24.0 Å². The minimum atomic E-state index is -0.279. The lowest BCUT2D eigenvalue weighted by Gasteiger charge is -2.10. The fraction of sp³-hybridized carbons (Fsp3) is 0.353. The van der Waals surface area contributed by atoms with E-state index in [-0.39, 0.29) is 24.0 Å². The van der Waals surface area contributed by atoms with Gasteiger partial charge >= 0.3 is 0 Å². The van der Waals surface area contributed by atoms with Crippen molar-refractivity contribution < 1.29 is 14.7 Å². The summed E-state index contributed by atoms with van der Waals surface area (Å²) in [6.07, 6.45) is 1.92. The predicted octanol–water partition coefficient (Wildman–Crippen LogP) is 1.32. The van der Waals surface area contributed by atoms with E-state index in [4.69, 9.17) is 5.11 Å². The van der Waals surface area contributed by atoms with Gasteiger partial charge in [0.15, 0.2) is 11.5 Å². The maximum absolute atomic E-state index is 12.2. The van der Waals surface area contributed by atoms with Gasteiger partial charge in [0.1, 0.15) is 5.69 Å². The minimum absolute atomic E-state index is 0.0438. The molecule has 1 aliphatic heterocycles. The largest absolute Gasteiger partial charge is 0.396 e. The molecule has 1 aromatic heterocycles. The zero-order valence-electron chi connectivity index (χ0n) is 12.8. The Bertz CT molecular complexity index is 719. The summed E-state index contributed by atoms with van der Waals surface area (Å²) in [5, 5.41) is 15.9. The molecule has 0 spiro atoms. The van der Waals surface area contributed by atoms with Gasteiger partial charge < -0.3 is 10.4 Å². The first-order valence-corrected chi connectivity index (χ1v) is 7.75. The highest BCUT2D eigenvalue weighted by molar-refractivity contribution is 5.99. The zero-order valence-corrected chi connectivity index (χ0v) is 12.8. The number of carbonyl (C=O) groups excluding carboxylic acids is 2. The van der Waals surface area contributed by atoms with Gasteiger partial charge in [0.25, 0.3) is 5.91 Å². The highest BCUT2D eigenvalue weighted by Crippen LogP contribution is 2.15. The summed E-state index contributed by atoms with van der Waals surface area (Å²) < 4.78 is 1.62. The molecule has 0 bridgehead atoms. The third-order valence-electron chi connectivity index (χ3n) is 3.95. The summed E-state index contributed by atoms with van der Waals surface area (Å²) in [5.41, 5.74) is 2.84. The molecule has 0 fully saturated rings. The second-order valence-electron chi connectivity index (χ2n) is 5.64. The SMILES string of the molecule is O=C(NCc1ccc(CCO)cc1)c1cc2n(n1)CCCC2=O. The van der Waals surface area contributed by atoms with Crippen molar-refractivity contribution in [2.45, 2.75) is 32.4 Å². The molecule has 0 radical (unpaired) electrons. The predicted molar refractivity (Wildman–Crippen MR) is 84.2 cm³/mol. The van der Waals surface area contributed by atoms with Crippen LogP contribution >= 0.6 is 0 Å². The van der Waals surface area contributed by atoms with E-state index in [1.165, 1.54) is 0 Å². The Labute approximate surface area is 134 Å². The van der Waals surface area contributed by atoms with Crippen LogP contribution in [0, 0.1) is 0 Å². The highest BCUT2D eigenvalue weighted by atomic mass is 16.3. The molecule has 6 heteroatoms. The van der Waals surface area contributed by atoms with Gasteiger partial charge in [0.05, 0.1) is 0 Å². The summed E-state index contributed by atoms with van der Waals surface area (Å²) in [4.78, 5) is 24.0. The van der Waals surface area contributed by atoms with Gasteiger partial charge in [-0.1, -0.05) is 24.3 Å². The monoisotopic (exact) mass is 313 g/mol. The molecule has 0 saturated carbocycles. The van der Waals surface area contributed by atoms with Crippen LogP contribution in [0.25, 0.3) is 0 Å². The Morgan fingerprint density at radius 2 is 2.00 bits per heavy atom. The Morgan fingerprint density at radius 3 is 2.70 bits per heavy atom. The molecule has 0 atom stereocenters. The molecule has 1 aliphatic rings. The lowest BCUT2D eigenvalue weighted by atomic mass is 10.1. The molecule has 23 heavy (non-hydrogen) atoms. The maximum atomic E-state index is 12.2. The third-order valence-corrected chi connectivity index (χ3v) is 3.95. The number of aryl methyl sites for hydroxylation is 1. The van der Waals surface area contributed by atoms with Crippen LogP contribution in [-0.4, -0.2) is 33.2 Å². The average Bonchev–Trinajstić information content (AvgIpc) is 3.00. The summed E-state index contributed by atoms with van der Waals surface area (Å²) in [6.45, 7) is 1.20. The molecular weight excluding hydrogens is 294 g/mol. The van der Waals surface area contributed by atoms with Crippen LogP contribution in [0.3, 0.4) is 0 Å². The Hall–Kier alpha value is -2.47. The van der Waals surface area contributed by atoms with Crippen LogP contribution in [-0.2, 0) is 19.5 Å². The van der Waals surface area contributed by atoms with Crippen molar-refractivity contribution in [3.8, 4) is 0 Å². The van der Waals surface area contributed by atoms with Crippen LogP contribution < -0.4 is 5.32 Å². The first-order chi connectivity index (χ1) is 11.2. The second-order valence-corrected chi connectivity index (χ2v) is 5.64. The maximum Gasteiger partial charge on any atom is 0.272 e. The van der Waals surface area contributed by atoms with E-state index in [1.54, 1.807) is 10.7 Å². The number of aliphatic hydroxyl groups excluding tert-OH is 1. The normalized spacial score (nSPS) is 13.7. The molecule has 0 aliphatic carbocycles. The highest BCUT2D eigenvalue weighted by Gasteiger charge is 2.22. The molecular formula is C17H19N3O3. The van der Waals surface area contributed by atoms with E-state index >= 15 is 0 Å². The van der Waals surface area contributed by atoms with E-state index in [2.05, 4.69) is 10.4 Å². The van der Waals surface area contributed by atoms with Crippen molar-refractivity contribution in [1.82, 2.24) is 15.1 Å². The van der Waals surface area contributed by atoms with Gasteiger partial charge in [-0.2, -0.15) is 5.10 Å². The molecule has 3 rings (SSSR count). The first kappa shape index (κ1) is 15.4. The smallest absolute Gasteiger partial charge is 0.272 e. The van der Waals surface area contributed by atoms with E-state index in [0.717, 1.165) is 17.5 Å². The molecule has 6 nitrogen and oxygen atoms in total.